The molecule has 2 fully saturated rings. The second kappa shape index (κ2) is 9.14. The number of nitrogens with zero attached hydrogens (tertiary/aromatic N) is 2. The first-order chi connectivity index (χ1) is 12.6. The summed E-state index contributed by atoms with van der Waals surface area (Å²) in [6.07, 6.45) is 2.03. The first-order valence-electron chi connectivity index (χ1n) is 9.69. The SMILES string of the molecule is Cc1ccc(CN2C(=O)CCC2C(=O)NCCCN2CCNCC2)cc1. The maximum Gasteiger partial charge on any atom is 0.242 e. The molecule has 2 N–H and O–H groups in total. The number of amides is 2. The summed E-state index contributed by atoms with van der Waals surface area (Å²) in [5, 5.41) is 6.38. The first kappa shape index (κ1) is 18.9. The lowest BCUT2D eigenvalue weighted by Crippen LogP contribution is -2.46. The summed E-state index contributed by atoms with van der Waals surface area (Å²) in [6.45, 7) is 8.49. The van der Waals surface area contributed by atoms with Crippen LogP contribution in [-0.2, 0) is 16.1 Å². The van der Waals surface area contributed by atoms with Crippen molar-refractivity contribution in [2.45, 2.75) is 38.8 Å². The normalized spacial score (nSPS) is 21.2. The van der Waals surface area contributed by atoms with E-state index < -0.39 is 0 Å². The van der Waals surface area contributed by atoms with Gasteiger partial charge in [-0.05, 0) is 31.9 Å². The Kier molecular flexibility index (Phi) is 6.63. The van der Waals surface area contributed by atoms with Crippen LogP contribution in [0, 0.1) is 6.92 Å². The van der Waals surface area contributed by atoms with Gasteiger partial charge in [0.2, 0.25) is 11.8 Å². The van der Waals surface area contributed by atoms with Crippen molar-refractivity contribution in [2.24, 2.45) is 0 Å². The van der Waals surface area contributed by atoms with E-state index in [1.165, 1.54) is 5.56 Å². The molecule has 3 rings (SSSR count). The van der Waals surface area contributed by atoms with Gasteiger partial charge in [0, 0.05) is 45.7 Å². The molecule has 142 valence electrons. The van der Waals surface area contributed by atoms with Gasteiger partial charge in [0.25, 0.3) is 0 Å². The third-order valence-electron chi connectivity index (χ3n) is 5.26. The number of likely N-dealkylation sites (tertiary alicyclic amines) is 1. The van der Waals surface area contributed by atoms with Crippen molar-refractivity contribution in [3.8, 4) is 0 Å². The molecule has 1 atom stereocenters. The lowest BCUT2D eigenvalue weighted by molar-refractivity contribution is -0.135. The number of hydrogen-bond donors (Lipinski definition) is 2. The molecular weight excluding hydrogens is 328 g/mol. The van der Waals surface area contributed by atoms with Gasteiger partial charge in [-0.2, -0.15) is 0 Å². The monoisotopic (exact) mass is 358 g/mol. The quantitative estimate of drug-likeness (QED) is 0.711. The Morgan fingerprint density at radius 3 is 2.69 bits per heavy atom. The Bertz CT molecular complexity index is 611. The Hall–Kier alpha value is -1.92. The van der Waals surface area contributed by atoms with Crippen LogP contribution >= 0.6 is 0 Å². The Morgan fingerprint density at radius 1 is 1.23 bits per heavy atom. The van der Waals surface area contributed by atoms with E-state index in [-0.39, 0.29) is 17.9 Å². The predicted molar refractivity (Wildman–Crippen MR) is 102 cm³/mol. The first-order valence-corrected chi connectivity index (χ1v) is 9.69. The van der Waals surface area contributed by atoms with Crippen molar-refractivity contribution < 1.29 is 9.59 Å². The summed E-state index contributed by atoms with van der Waals surface area (Å²) in [5.74, 6) is 0.0646. The average Bonchev–Trinajstić information content (AvgIpc) is 3.02. The van der Waals surface area contributed by atoms with Crippen LogP contribution in [0.15, 0.2) is 24.3 Å². The molecule has 0 aromatic heterocycles. The molecule has 1 aromatic carbocycles. The predicted octanol–water partition coefficient (Wildman–Crippen LogP) is 0.898. The van der Waals surface area contributed by atoms with Crippen molar-refractivity contribution in [1.29, 1.82) is 0 Å². The number of hydrogen-bond acceptors (Lipinski definition) is 4. The molecule has 26 heavy (non-hydrogen) atoms. The molecule has 2 aliphatic rings. The molecular formula is C20H30N4O2. The Balaban J connectivity index is 1.45. The summed E-state index contributed by atoms with van der Waals surface area (Å²) >= 11 is 0. The van der Waals surface area contributed by atoms with Gasteiger partial charge in [-0.15, -0.1) is 0 Å². The number of carbonyl (C=O) groups excluding carboxylic acids is 2. The maximum absolute atomic E-state index is 12.6. The summed E-state index contributed by atoms with van der Waals surface area (Å²) in [4.78, 5) is 29.0. The summed E-state index contributed by atoms with van der Waals surface area (Å²) in [7, 11) is 0. The van der Waals surface area contributed by atoms with Gasteiger partial charge in [0.05, 0.1) is 0 Å². The average molecular weight is 358 g/mol. The van der Waals surface area contributed by atoms with Crippen LogP contribution in [0.1, 0.15) is 30.4 Å². The zero-order valence-electron chi connectivity index (χ0n) is 15.7. The number of rotatable bonds is 7. The molecule has 1 unspecified atom stereocenters. The molecule has 0 radical (unpaired) electrons. The van der Waals surface area contributed by atoms with E-state index in [4.69, 9.17) is 0 Å². The van der Waals surface area contributed by atoms with Gasteiger partial charge >= 0.3 is 0 Å². The van der Waals surface area contributed by atoms with Crippen LogP contribution in [0.5, 0.6) is 0 Å². The molecule has 2 amide bonds. The minimum atomic E-state index is -0.331. The van der Waals surface area contributed by atoms with E-state index in [0.717, 1.165) is 44.7 Å². The standard InChI is InChI=1S/C20H30N4O2/c1-16-3-5-17(6-4-16)15-24-18(7-8-19(24)25)20(26)22-9-2-12-23-13-10-21-11-14-23/h3-6,18,21H,2,7-15H2,1H3,(H,22,26). The second-order valence-electron chi connectivity index (χ2n) is 7.30. The number of aryl methyl sites for hydroxylation is 1. The van der Waals surface area contributed by atoms with Crippen molar-refractivity contribution in [2.75, 3.05) is 39.3 Å². The van der Waals surface area contributed by atoms with E-state index in [1.54, 1.807) is 4.90 Å². The number of nitrogens with one attached hydrogen (secondary N) is 2. The molecule has 2 aliphatic heterocycles. The molecule has 6 heteroatoms. The highest BCUT2D eigenvalue weighted by atomic mass is 16.2. The lowest BCUT2D eigenvalue weighted by atomic mass is 10.1. The fourth-order valence-electron chi connectivity index (χ4n) is 3.66. The zero-order chi connectivity index (χ0) is 18.4. The van der Waals surface area contributed by atoms with Crippen LogP contribution in [0.3, 0.4) is 0 Å². The number of piperazine rings is 1. The van der Waals surface area contributed by atoms with Crippen LogP contribution in [-0.4, -0.2) is 66.9 Å². The smallest absolute Gasteiger partial charge is 0.242 e. The second-order valence-corrected chi connectivity index (χ2v) is 7.30. The third-order valence-corrected chi connectivity index (χ3v) is 5.26. The lowest BCUT2D eigenvalue weighted by Gasteiger charge is -2.27. The van der Waals surface area contributed by atoms with E-state index >= 15 is 0 Å². The van der Waals surface area contributed by atoms with Crippen LogP contribution in [0.4, 0.5) is 0 Å². The third kappa shape index (κ3) is 5.05. The van der Waals surface area contributed by atoms with Gasteiger partial charge in [-0.3, -0.25) is 9.59 Å². The van der Waals surface area contributed by atoms with E-state index in [9.17, 15) is 9.59 Å². The fraction of sp³-hybridized carbons (Fsp3) is 0.600. The Morgan fingerprint density at radius 2 is 1.96 bits per heavy atom. The molecule has 0 saturated carbocycles. The van der Waals surface area contributed by atoms with Crippen molar-refractivity contribution in [1.82, 2.24) is 20.4 Å². The Labute approximate surface area is 155 Å². The molecule has 0 spiro atoms. The minimum Gasteiger partial charge on any atom is -0.354 e. The maximum atomic E-state index is 12.6. The van der Waals surface area contributed by atoms with Crippen LogP contribution in [0.25, 0.3) is 0 Å². The van der Waals surface area contributed by atoms with Crippen molar-refractivity contribution in [3.63, 3.8) is 0 Å². The number of benzene rings is 1. The highest BCUT2D eigenvalue weighted by Gasteiger charge is 2.35. The number of carbonyl (C=O) groups is 2. The molecule has 2 saturated heterocycles. The summed E-state index contributed by atoms with van der Waals surface area (Å²) < 4.78 is 0. The molecule has 1 aromatic rings. The fourth-order valence-corrected chi connectivity index (χ4v) is 3.66. The zero-order valence-corrected chi connectivity index (χ0v) is 15.7. The summed E-state index contributed by atoms with van der Waals surface area (Å²) in [5.41, 5.74) is 2.27. The van der Waals surface area contributed by atoms with Crippen LogP contribution < -0.4 is 10.6 Å². The van der Waals surface area contributed by atoms with Gasteiger partial charge in [-0.1, -0.05) is 29.8 Å². The van der Waals surface area contributed by atoms with E-state index in [1.807, 2.05) is 31.2 Å². The topological polar surface area (TPSA) is 64.7 Å². The largest absolute Gasteiger partial charge is 0.354 e. The molecule has 0 bridgehead atoms. The molecule has 6 nitrogen and oxygen atoms in total. The van der Waals surface area contributed by atoms with E-state index in [0.29, 0.717) is 25.9 Å². The van der Waals surface area contributed by atoms with Gasteiger partial charge in [0.15, 0.2) is 0 Å². The van der Waals surface area contributed by atoms with Gasteiger partial charge in [-0.25, -0.2) is 0 Å². The molecule has 0 aliphatic carbocycles. The van der Waals surface area contributed by atoms with Crippen LogP contribution in [0.2, 0.25) is 0 Å². The van der Waals surface area contributed by atoms with Gasteiger partial charge < -0.3 is 20.4 Å². The highest BCUT2D eigenvalue weighted by molar-refractivity contribution is 5.90. The van der Waals surface area contributed by atoms with Gasteiger partial charge in [0.1, 0.15) is 6.04 Å². The summed E-state index contributed by atoms with van der Waals surface area (Å²) in [6, 6.07) is 7.82. The minimum absolute atomic E-state index is 0.0109. The molecule has 2 heterocycles. The highest BCUT2D eigenvalue weighted by Crippen LogP contribution is 2.22. The van der Waals surface area contributed by atoms with E-state index in [2.05, 4.69) is 15.5 Å². The van der Waals surface area contributed by atoms with Crippen molar-refractivity contribution >= 4 is 11.8 Å². The van der Waals surface area contributed by atoms with Crippen molar-refractivity contribution in [3.05, 3.63) is 35.4 Å².